The highest BCUT2D eigenvalue weighted by Gasteiger charge is 2.32. The zero-order valence-electron chi connectivity index (χ0n) is 18.9. The summed E-state index contributed by atoms with van der Waals surface area (Å²) in [6, 6.07) is 18.7. The molecule has 5 heteroatoms. The van der Waals surface area contributed by atoms with Crippen molar-refractivity contribution in [2.45, 2.75) is 65.3 Å². The number of hydrogen-bond acceptors (Lipinski definition) is 4. The van der Waals surface area contributed by atoms with Gasteiger partial charge in [0.25, 0.3) is 0 Å². The maximum absolute atomic E-state index is 13.3. The molecule has 1 amide bonds. The Morgan fingerprint density at radius 2 is 1.58 bits per heavy atom. The van der Waals surface area contributed by atoms with Crippen molar-refractivity contribution in [3.05, 3.63) is 83.9 Å². The average Bonchev–Trinajstić information content (AvgIpc) is 2.76. The summed E-state index contributed by atoms with van der Waals surface area (Å²) in [5.41, 5.74) is 1.88. The van der Waals surface area contributed by atoms with E-state index < -0.39 is 6.09 Å². The van der Waals surface area contributed by atoms with E-state index in [9.17, 15) is 9.59 Å². The topological polar surface area (TPSA) is 55.8 Å². The second-order valence-electron chi connectivity index (χ2n) is 7.74. The molecular formula is C26H33NO4. The lowest BCUT2D eigenvalue weighted by atomic mass is 10.0. The maximum Gasteiger partial charge on any atom is 0.410 e. The lowest BCUT2D eigenvalue weighted by Crippen LogP contribution is -2.43. The first-order chi connectivity index (χ1) is 14.9. The Morgan fingerprint density at radius 3 is 2.16 bits per heavy atom. The third kappa shape index (κ3) is 7.93. The first-order valence-corrected chi connectivity index (χ1v) is 10.8. The number of rotatable bonds is 10. The molecule has 0 fully saturated rings. The number of esters is 1. The molecule has 31 heavy (non-hydrogen) atoms. The summed E-state index contributed by atoms with van der Waals surface area (Å²) in [4.78, 5) is 27.4. The standard InChI is InChI=1S/C26H33NO4/c1-5-6-17-24(18-25(28)31-20(2)3)27(21(4)23-15-11-8-12-16-23)26(29)30-19-22-13-9-7-10-14-22/h5-16,20-21,24H,17-19H2,1-4H3/b6-5+/t21-,24-/m1/s1. The highest BCUT2D eigenvalue weighted by molar-refractivity contribution is 5.73. The molecule has 0 aromatic heterocycles. The fourth-order valence-corrected chi connectivity index (χ4v) is 3.40. The van der Waals surface area contributed by atoms with Crippen LogP contribution >= 0.6 is 0 Å². The molecule has 0 heterocycles. The van der Waals surface area contributed by atoms with Crippen LogP contribution in [0.5, 0.6) is 0 Å². The Balaban J connectivity index is 2.29. The van der Waals surface area contributed by atoms with Crippen molar-refractivity contribution < 1.29 is 19.1 Å². The normalized spacial score (nSPS) is 13.1. The largest absolute Gasteiger partial charge is 0.463 e. The molecule has 0 aliphatic rings. The van der Waals surface area contributed by atoms with Gasteiger partial charge in [0.15, 0.2) is 0 Å². The number of amides is 1. The molecule has 2 rings (SSSR count). The summed E-state index contributed by atoms with van der Waals surface area (Å²) in [5, 5.41) is 0. The predicted octanol–water partition coefficient (Wildman–Crippen LogP) is 6.06. The van der Waals surface area contributed by atoms with Crippen LogP contribution in [0, 0.1) is 0 Å². The van der Waals surface area contributed by atoms with Gasteiger partial charge in [0.1, 0.15) is 6.61 Å². The predicted molar refractivity (Wildman–Crippen MR) is 122 cm³/mol. The van der Waals surface area contributed by atoms with E-state index in [1.807, 2.05) is 101 Å². The lowest BCUT2D eigenvalue weighted by molar-refractivity contribution is -0.148. The van der Waals surface area contributed by atoms with Gasteiger partial charge in [-0.05, 0) is 45.2 Å². The summed E-state index contributed by atoms with van der Waals surface area (Å²) >= 11 is 0. The Morgan fingerprint density at radius 1 is 0.968 bits per heavy atom. The number of benzene rings is 2. The van der Waals surface area contributed by atoms with E-state index in [0.29, 0.717) is 6.42 Å². The van der Waals surface area contributed by atoms with Crippen molar-refractivity contribution >= 4 is 12.1 Å². The van der Waals surface area contributed by atoms with Crippen LogP contribution in [0.1, 0.15) is 57.7 Å². The van der Waals surface area contributed by atoms with Crippen LogP contribution in [-0.2, 0) is 20.9 Å². The second-order valence-corrected chi connectivity index (χ2v) is 7.74. The monoisotopic (exact) mass is 423 g/mol. The van der Waals surface area contributed by atoms with Gasteiger partial charge < -0.3 is 9.47 Å². The van der Waals surface area contributed by atoms with E-state index >= 15 is 0 Å². The zero-order valence-corrected chi connectivity index (χ0v) is 18.9. The smallest absolute Gasteiger partial charge is 0.410 e. The van der Waals surface area contributed by atoms with E-state index in [1.165, 1.54) is 0 Å². The molecule has 0 bridgehead atoms. The second kappa shape index (κ2) is 12.6. The quantitative estimate of drug-likeness (QED) is 0.344. The van der Waals surface area contributed by atoms with E-state index in [4.69, 9.17) is 9.47 Å². The number of allylic oxidation sites excluding steroid dienone is 1. The van der Waals surface area contributed by atoms with E-state index in [-0.39, 0.29) is 37.2 Å². The maximum atomic E-state index is 13.3. The van der Waals surface area contributed by atoms with E-state index in [2.05, 4.69) is 0 Å². The summed E-state index contributed by atoms with van der Waals surface area (Å²) in [6.07, 6.45) is 3.85. The Kier molecular flexibility index (Phi) is 9.82. The van der Waals surface area contributed by atoms with Crippen LogP contribution in [0.2, 0.25) is 0 Å². The zero-order chi connectivity index (χ0) is 22.6. The van der Waals surface area contributed by atoms with Crippen LogP contribution in [0.3, 0.4) is 0 Å². The Labute approximate surface area is 185 Å². The molecule has 0 saturated carbocycles. The number of carbonyl (C=O) groups excluding carboxylic acids is 2. The van der Waals surface area contributed by atoms with E-state index in [1.54, 1.807) is 4.90 Å². The number of carbonyl (C=O) groups is 2. The minimum Gasteiger partial charge on any atom is -0.463 e. The van der Waals surface area contributed by atoms with Gasteiger partial charge >= 0.3 is 12.1 Å². The molecule has 2 atom stereocenters. The number of hydrogen-bond donors (Lipinski definition) is 0. The van der Waals surface area contributed by atoms with Crippen molar-refractivity contribution in [2.75, 3.05) is 0 Å². The average molecular weight is 424 g/mol. The molecule has 5 nitrogen and oxygen atoms in total. The summed E-state index contributed by atoms with van der Waals surface area (Å²) in [7, 11) is 0. The molecule has 0 unspecified atom stereocenters. The molecule has 0 N–H and O–H groups in total. The minimum atomic E-state index is -0.452. The van der Waals surface area contributed by atoms with Crippen molar-refractivity contribution in [3.63, 3.8) is 0 Å². The van der Waals surface area contributed by atoms with Crippen molar-refractivity contribution in [3.8, 4) is 0 Å². The molecule has 2 aromatic rings. The minimum absolute atomic E-state index is 0.0974. The third-order valence-electron chi connectivity index (χ3n) is 4.92. The lowest BCUT2D eigenvalue weighted by Gasteiger charge is -2.35. The van der Waals surface area contributed by atoms with Gasteiger partial charge in [-0.25, -0.2) is 4.79 Å². The fourth-order valence-electron chi connectivity index (χ4n) is 3.40. The molecular weight excluding hydrogens is 390 g/mol. The molecule has 166 valence electrons. The van der Waals surface area contributed by atoms with Gasteiger partial charge in [0.2, 0.25) is 0 Å². The van der Waals surface area contributed by atoms with Crippen LogP contribution in [0.4, 0.5) is 4.79 Å². The van der Waals surface area contributed by atoms with Gasteiger partial charge in [-0.1, -0.05) is 72.8 Å². The van der Waals surface area contributed by atoms with Crippen LogP contribution < -0.4 is 0 Å². The fraction of sp³-hybridized carbons (Fsp3) is 0.385. The van der Waals surface area contributed by atoms with Gasteiger partial charge in [-0.2, -0.15) is 0 Å². The van der Waals surface area contributed by atoms with Crippen LogP contribution in [0.25, 0.3) is 0 Å². The van der Waals surface area contributed by atoms with Crippen molar-refractivity contribution in [1.29, 1.82) is 0 Å². The Hall–Kier alpha value is -3.08. The molecule has 0 saturated heterocycles. The number of ether oxygens (including phenoxy) is 2. The molecule has 2 aromatic carbocycles. The summed E-state index contributed by atoms with van der Waals surface area (Å²) in [6.45, 7) is 7.68. The van der Waals surface area contributed by atoms with Crippen molar-refractivity contribution in [1.82, 2.24) is 4.90 Å². The third-order valence-corrected chi connectivity index (χ3v) is 4.92. The van der Waals surface area contributed by atoms with Gasteiger partial charge in [0.05, 0.1) is 18.6 Å². The summed E-state index contributed by atoms with van der Waals surface area (Å²) in [5.74, 6) is -0.328. The Bertz CT molecular complexity index is 833. The van der Waals surface area contributed by atoms with Crippen LogP contribution in [0.15, 0.2) is 72.8 Å². The number of nitrogens with zero attached hydrogens (tertiary/aromatic N) is 1. The molecule has 0 aliphatic heterocycles. The first kappa shape index (κ1) is 24.2. The molecule has 0 aliphatic carbocycles. The van der Waals surface area contributed by atoms with Crippen molar-refractivity contribution in [2.24, 2.45) is 0 Å². The van der Waals surface area contributed by atoms with E-state index in [0.717, 1.165) is 11.1 Å². The molecule has 0 radical (unpaired) electrons. The van der Waals surface area contributed by atoms with Crippen LogP contribution in [-0.4, -0.2) is 29.1 Å². The highest BCUT2D eigenvalue weighted by atomic mass is 16.6. The van der Waals surface area contributed by atoms with Gasteiger partial charge in [-0.3, -0.25) is 9.69 Å². The molecule has 0 spiro atoms. The first-order valence-electron chi connectivity index (χ1n) is 10.8. The SMILES string of the molecule is C/C=C/C[C@H](CC(=O)OC(C)C)N(C(=O)OCc1ccccc1)[C@H](C)c1ccccc1. The highest BCUT2D eigenvalue weighted by Crippen LogP contribution is 2.27. The summed E-state index contributed by atoms with van der Waals surface area (Å²) < 4.78 is 11.0. The van der Waals surface area contributed by atoms with Gasteiger partial charge in [-0.15, -0.1) is 0 Å². The van der Waals surface area contributed by atoms with Gasteiger partial charge in [0, 0.05) is 6.04 Å².